The minimum Gasteiger partial charge on any atom is -0.335 e. The fourth-order valence-corrected chi connectivity index (χ4v) is 5.10. The van der Waals surface area contributed by atoms with Gasteiger partial charge in [0.25, 0.3) is 0 Å². The molecule has 0 unspecified atom stereocenters. The predicted octanol–water partition coefficient (Wildman–Crippen LogP) is 6.23. The smallest absolute Gasteiger partial charge is 0.318 e. The molecule has 1 aromatic rings. The third kappa shape index (κ3) is 6.82. The van der Waals surface area contributed by atoms with Gasteiger partial charge in [0.15, 0.2) is 0 Å². The van der Waals surface area contributed by atoms with Crippen molar-refractivity contribution < 1.29 is 9.18 Å². The Labute approximate surface area is 181 Å². The molecule has 2 saturated carbocycles. The highest BCUT2D eigenvalue weighted by Crippen LogP contribution is 2.30. The fraction of sp³-hybridized carbons (Fsp3) is 0.680. The number of halogens is 1. The summed E-state index contributed by atoms with van der Waals surface area (Å²) < 4.78 is 13.0. The van der Waals surface area contributed by atoms with Crippen molar-refractivity contribution >= 4 is 11.7 Å². The normalized spacial score (nSPS) is 19.3. The Balaban J connectivity index is 1.50. The third-order valence-corrected chi connectivity index (χ3v) is 6.72. The van der Waals surface area contributed by atoms with Gasteiger partial charge in [-0.1, -0.05) is 50.7 Å². The number of urea groups is 1. The van der Waals surface area contributed by atoms with Gasteiger partial charge in [0.1, 0.15) is 5.82 Å². The molecule has 0 bridgehead atoms. The fourth-order valence-electron chi connectivity index (χ4n) is 5.10. The van der Waals surface area contributed by atoms with Gasteiger partial charge in [-0.25, -0.2) is 9.18 Å². The van der Waals surface area contributed by atoms with Gasteiger partial charge < -0.3 is 15.6 Å². The lowest BCUT2D eigenvalue weighted by Gasteiger charge is -2.42. The van der Waals surface area contributed by atoms with Crippen LogP contribution in [0.1, 0.15) is 89.5 Å². The Bertz CT molecular complexity index is 660. The van der Waals surface area contributed by atoms with E-state index in [1.807, 2.05) is 6.92 Å². The number of carbonyl (C=O) groups is 1. The van der Waals surface area contributed by atoms with E-state index < -0.39 is 0 Å². The molecule has 4 nitrogen and oxygen atoms in total. The quantitative estimate of drug-likeness (QED) is 0.486. The molecule has 1 aromatic carbocycles. The maximum absolute atomic E-state index is 13.3. The molecule has 0 spiro atoms. The number of carbonyl (C=O) groups excluding carboxylic acids is 1. The average molecular weight is 416 g/mol. The second-order valence-electron chi connectivity index (χ2n) is 9.28. The van der Waals surface area contributed by atoms with Crippen LogP contribution in [0.2, 0.25) is 0 Å². The molecular formula is C25H38FN3O. The number of benzene rings is 1. The summed E-state index contributed by atoms with van der Waals surface area (Å²) in [4.78, 5) is 15.4. The van der Waals surface area contributed by atoms with Crippen molar-refractivity contribution in [3.8, 4) is 0 Å². The lowest BCUT2D eigenvalue weighted by Crippen LogP contribution is -2.54. The zero-order valence-corrected chi connectivity index (χ0v) is 18.5. The van der Waals surface area contributed by atoms with Gasteiger partial charge >= 0.3 is 6.03 Å². The molecule has 0 radical (unpaired) electrons. The van der Waals surface area contributed by atoms with Gasteiger partial charge in [-0.15, -0.1) is 0 Å². The van der Waals surface area contributed by atoms with Crippen molar-refractivity contribution in [2.75, 3.05) is 0 Å². The number of nitrogens with zero attached hydrogens (tertiary/aromatic N) is 1. The second kappa shape index (κ2) is 11.5. The Kier molecular flexibility index (Phi) is 8.71. The first-order valence-electron chi connectivity index (χ1n) is 11.9. The SMILES string of the molecule is C[C@@H](CC(=N)CCc1ccc(F)cc1)NC(=O)N(C1CCCCC1)C1CCCCC1. The van der Waals surface area contributed by atoms with Gasteiger partial charge in [-0.05, 0) is 63.1 Å². The number of amides is 2. The van der Waals surface area contributed by atoms with E-state index in [4.69, 9.17) is 5.41 Å². The lowest BCUT2D eigenvalue weighted by atomic mass is 9.89. The topological polar surface area (TPSA) is 56.2 Å². The molecule has 0 aliphatic heterocycles. The second-order valence-corrected chi connectivity index (χ2v) is 9.28. The highest BCUT2D eigenvalue weighted by atomic mass is 19.1. The van der Waals surface area contributed by atoms with Crippen LogP contribution in [0.25, 0.3) is 0 Å². The third-order valence-electron chi connectivity index (χ3n) is 6.72. The maximum atomic E-state index is 13.3. The minimum atomic E-state index is -0.231. The molecule has 166 valence electrons. The van der Waals surface area contributed by atoms with Crippen LogP contribution in [0.15, 0.2) is 24.3 Å². The molecule has 2 aliphatic carbocycles. The van der Waals surface area contributed by atoms with Gasteiger partial charge in [0, 0.05) is 30.3 Å². The Hall–Kier alpha value is -1.91. The zero-order chi connectivity index (χ0) is 21.3. The maximum Gasteiger partial charge on any atom is 0.318 e. The van der Waals surface area contributed by atoms with Crippen LogP contribution in [0.5, 0.6) is 0 Å². The summed E-state index contributed by atoms with van der Waals surface area (Å²) in [7, 11) is 0. The van der Waals surface area contributed by atoms with Crippen LogP contribution in [0.4, 0.5) is 9.18 Å². The van der Waals surface area contributed by atoms with Gasteiger partial charge in [0.05, 0.1) is 0 Å². The Morgan fingerprint density at radius 1 is 1.03 bits per heavy atom. The predicted molar refractivity (Wildman–Crippen MR) is 121 cm³/mol. The molecule has 2 N–H and O–H groups in total. The van der Waals surface area contributed by atoms with Crippen LogP contribution in [-0.2, 0) is 6.42 Å². The van der Waals surface area contributed by atoms with E-state index in [9.17, 15) is 9.18 Å². The van der Waals surface area contributed by atoms with Crippen LogP contribution in [0.3, 0.4) is 0 Å². The molecule has 2 fully saturated rings. The standard InChI is InChI=1S/C25H38FN3O/c1-19(18-22(27)17-14-20-12-15-21(26)16-13-20)28-25(30)29(23-8-4-2-5-9-23)24-10-6-3-7-11-24/h12-13,15-16,19,23-24,27H,2-11,14,17-18H2,1H3,(H,28,30)/t19-/m0/s1. The van der Waals surface area contributed by atoms with Crippen molar-refractivity contribution in [1.82, 2.24) is 10.2 Å². The van der Waals surface area contributed by atoms with Crippen LogP contribution >= 0.6 is 0 Å². The molecule has 0 aromatic heterocycles. The summed E-state index contributed by atoms with van der Waals surface area (Å²) in [5.41, 5.74) is 1.67. The van der Waals surface area contributed by atoms with Crippen LogP contribution < -0.4 is 5.32 Å². The van der Waals surface area contributed by atoms with Crippen molar-refractivity contribution in [1.29, 1.82) is 5.41 Å². The molecule has 0 heterocycles. The molecule has 5 heteroatoms. The molecule has 0 saturated heterocycles. The van der Waals surface area contributed by atoms with E-state index in [0.29, 0.717) is 30.6 Å². The number of hydrogen-bond acceptors (Lipinski definition) is 2. The van der Waals surface area contributed by atoms with E-state index in [1.165, 1.54) is 50.7 Å². The molecule has 3 rings (SSSR count). The van der Waals surface area contributed by atoms with Crippen molar-refractivity contribution in [2.45, 2.75) is 109 Å². The average Bonchev–Trinajstić information content (AvgIpc) is 2.75. The first kappa shape index (κ1) is 22.8. The number of hydrogen-bond donors (Lipinski definition) is 2. The molecular weight excluding hydrogens is 377 g/mol. The van der Waals surface area contributed by atoms with Crippen molar-refractivity contribution in [3.05, 3.63) is 35.6 Å². The lowest BCUT2D eigenvalue weighted by molar-refractivity contribution is 0.103. The van der Waals surface area contributed by atoms with Crippen LogP contribution in [0, 0.1) is 11.2 Å². The first-order chi connectivity index (χ1) is 14.5. The van der Waals surface area contributed by atoms with Crippen LogP contribution in [-0.4, -0.2) is 34.8 Å². The highest BCUT2D eigenvalue weighted by molar-refractivity contribution is 5.83. The monoisotopic (exact) mass is 415 g/mol. The zero-order valence-electron chi connectivity index (χ0n) is 18.5. The summed E-state index contributed by atoms with van der Waals surface area (Å²) >= 11 is 0. The van der Waals surface area contributed by atoms with Gasteiger partial charge in [0.2, 0.25) is 0 Å². The van der Waals surface area contributed by atoms with E-state index in [2.05, 4.69) is 10.2 Å². The molecule has 2 amide bonds. The summed E-state index contributed by atoms with van der Waals surface area (Å²) in [6.07, 6.45) is 13.9. The van der Waals surface area contributed by atoms with E-state index in [-0.39, 0.29) is 17.9 Å². The summed E-state index contributed by atoms with van der Waals surface area (Å²) in [5.74, 6) is -0.231. The van der Waals surface area contributed by atoms with E-state index in [1.54, 1.807) is 12.1 Å². The molecule has 1 atom stereocenters. The number of nitrogens with one attached hydrogen (secondary N) is 2. The van der Waals surface area contributed by atoms with Crippen molar-refractivity contribution in [3.63, 3.8) is 0 Å². The summed E-state index contributed by atoms with van der Waals surface area (Å²) in [6.45, 7) is 2.00. The van der Waals surface area contributed by atoms with Gasteiger partial charge in [-0.3, -0.25) is 0 Å². The van der Waals surface area contributed by atoms with E-state index in [0.717, 1.165) is 37.7 Å². The largest absolute Gasteiger partial charge is 0.335 e. The van der Waals surface area contributed by atoms with E-state index >= 15 is 0 Å². The highest BCUT2D eigenvalue weighted by Gasteiger charge is 2.32. The van der Waals surface area contributed by atoms with Gasteiger partial charge in [-0.2, -0.15) is 0 Å². The summed E-state index contributed by atoms with van der Waals surface area (Å²) in [5, 5.41) is 11.5. The first-order valence-corrected chi connectivity index (χ1v) is 11.9. The molecule has 2 aliphatic rings. The van der Waals surface area contributed by atoms with Crippen molar-refractivity contribution in [2.24, 2.45) is 0 Å². The summed E-state index contributed by atoms with van der Waals surface area (Å²) in [6, 6.07) is 7.28. The Morgan fingerprint density at radius 3 is 2.10 bits per heavy atom. The Morgan fingerprint density at radius 2 is 1.57 bits per heavy atom. The number of rotatable bonds is 8. The minimum absolute atomic E-state index is 0.0482. The number of aryl methyl sites for hydroxylation is 1. The molecule has 30 heavy (non-hydrogen) atoms.